The van der Waals surface area contributed by atoms with E-state index in [-0.39, 0.29) is 5.91 Å². The first-order valence-electron chi connectivity index (χ1n) is 7.43. The number of benzene rings is 2. The molecule has 108 valence electrons. The summed E-state index contributed by atoms with van der Waals surface area (Å²) in [7, 11) is 0. The van der Waals surface area contributed by atoms with Gasteiger partial charge in [-0.05, 0) is 36.6 Å². The molecule has 0 aliphatic carbocycles. The maximum Gasteiger partial charge on any atom is 0.231 e. The van der Waals surface area contributed by atoms with Crippen molar-refractivity contribution in [3.05, 3.63) is 59.7 Å². The molecule has 3 nitrogen and oxygen atoms in total. The highest BCUT2D eigenvalue weighted by molar-refractivity contribution is 5.98. The van der Waals surface area contributed by atoms with E-state index in [2.05, 4.69) is 18.3 Å². The van der Waals surface area contributed by atoms with Crippen molar-refractivity contribution in [3.8, 4) is 0 Å². The third-order valence-corrected chi connectivity index (χ3v) is 3.97. The van der Waals surface area contributed by atoms with Gasteiger partial charge in [0.1, 0.15) is 0 Å². The van der Waals surface area contributed by atoms with E-state index in [0.29, 0.717) is 6.42 Å². The van der Waals surface area contributed by atoms with Crippen LogP contribution in [-0.2, 0) is 11.2 Å². The fourth-order valence-electron chi connectivity index (χ4n) is 2.77. The minimum Gasteiger partial charge on any atom is -0.383 e. The Morgan fingerprint density at radius 2 is 1.90 bits per heavy atom. The molecule has 3 rings (SSSR count). The molecule has 0 radical (unpaired) electrons. The van der Waals surface area contributed by atoms with E-state index in [4.69, 9.17) is 0 Å². The van der Waals surface area contributed by atoms with E-state index in [1.807, 2.05) is 47.4 Å². The Morgan fingerprint density at radius 3 is 2.76 bits per heavy atom. The highest BCUT2D eigenvalue weighted by atomic mass is 16.2. The third-order valence-electron chi connectivity index (χ3n) is 3.97. The van der Waals surface area contributed by atoms with Crippen LogP contribution in [0.5, 0.6) is 0 Å². The molecular weight excluding hydrogens is 260 g/mol. The Morgan fingerprint density at radius 1 is 1.14 bits per heavy atom. The van der Waals surface area contributed by atoms with Crippen molar-refractivity contribution in [1.82, 2.24) is 0 Å². The average Bonchev–Trinajstić information content (AvgIpc) is 2.72. The van der Waals surface area contributed by atoms with Crippen molar-refractivity contribution < 1.29 is 4.79 Å². The van der Waals surface area contributed by atoms with Crippen molar-refractivity contribution in [3.63, 3.8) is 0 Å². The molecule has 1 amide bonds. The predicted molar refractivity (Wildman–Crippen MR) is 86.8 cm³/mol. The van der Waals surface area contributed by atoms with E-state index in [0.717, 1.165) is 36.4 Å². The number of rotatable bonds is 2. The molecule has 0 unspecified atom stereocenters. The Bertz CT molecular complexity index is 651. The summed E-state index contributed by atoms with van der Waals surface area (Å²) in [5.74, 6) is 0.167. The minimum atomic E-state index is 0.167. The molecule has 0 aromatic heterocycles. The van der Waals surface area contributed by atoms with Gasteiger partial charge in [-0.3, -0.25) is 4.79 Å². The Kier molecular flexibility index (Phi) is 3.91. The number of aryl methyl sites for hydroxylation is 1. The van der Waals surface area contributed by atoms with Crippen LogP contribution in [-0.4, -0.2) is 19.0 Å². The van der Waals surface area contributed by atoms with Crippen LogP contribution in [0.15, 0.2) is 48.5 Å². The van der Waals surface area contributed by atoms with Gasteiger partial charge in [0.05, 0.1) is 17.8 Å². The van der Waals surface area contributed by atoms with Gasteiger partial charge in [0.15, 0.2) is 0 Å². The van der Waals surface area contributed by atoms with E-state index in [1.54, 1.807) is 0 Å². The molecular formula is C18H20N2O. The number of para-hydroxylation sites is 2. The predicted octanol–water partition coefficient (Wildman–Crippen LogP) is 3.39. The summed E-state index contributed by atoms with van der Waals surface area (Å²) < 4.78 is 0. The van der Waals surface area contributed by atoms with Gasteiger partial charge in [0, 0.05) is 13.1 Å². The number of anilines is 2. The largest absolute Gasteiger partial charge is 0.383 e. The van der Waals surface area contributed by atoms with E-state index < -0.39 is 0 Å². The zero-order chi connectivity index (χ0) is 14.7. The number of nitrogens with zero attached hydrogens (tertiary/aromatic N) is 1. The van der Waals surface area contributed by atoms with Crippen molar-refractivity contribution in [2.45, 2.75) is 19.8 Å². The molecule has 0 atom stereocenters. The zero-order valence-corrected chi connectivity index (χ0v) is 12.3. The van der Waals surface area contributed by atoms with Gasteiger partial charge in [-0.2, -0.15) is 0 Å². The second kappa shape index (κ2) is 6.00. The van der Waals surface area contributed by atoms with Gasteiger partial charge in [-0.25, -0.2) is 0 Å². The SMILES string of the molecule is Cc1ccccc1CC(=O)N1CCCNc2ccccc21. The number of hydrogen-bond acceptors (Lipinski definition) is 2. The van der Waals surface area contributed by atoms with Crippen LogP contribution in [0, 0.1) is 6.92 Å². The maximum absolute atomic E-state index is 12.7. The monoisotopic (exact) mass is 280 g/mol. The van der Waals surface area contributed by atoms with E-state index in [1.165, 1.54) is 5.56 Å². The second-order valence-corrected chi connectivity index (χ2v) is 5.45. The summed E-state index contributed by atoms with van der Waals surface area (Å²) >= 11 is 0. The lowest BCUT2D eigenvalue weighted by Crippen LogP contribution is -2.33. The summed E-state index contributed by atoms with van der Waals surface area (Å²) in [4.78, 5) is 14.7. The molecule has 1 aliphatic rings. The molecule has 3 heteroatoms. The summed E-state index contributed by atoms with van der Waals surface area (Å²) in [6.45, 7) is 3.74. The quantitative estimate of drug-likeness (QED) is 0.914. The zero-order valence-electron chi connectivity index (χ0n) is 12.3. The molecule has 21 heavy (non-hydrogen) atoms. The molecule has 1 N–H and O–H groups in total. The number of carbonyl (C=O) groups excluding carboxylic acids is 1. The number of hydrogen-bond donors (Lipinski definition) is 1. The summed E-state index contributed by atoms with van der Waals surface area (Å²) in [5, 5.41) is 3.39. The topological polar surface area (TPSA) is 32.3 Å². The molecule has 2 aromatic carbocycles. The van der Waals surface area contributed by atoms with Gasteiger partial charge in [0.2, 0.25) is 5.91 Å². The first-order chi connectivity index (χ1) is 10.3. The normalized spacial score (nSPS) is 14.0. The molecule has 0 spiro atoms. The lowest BCUT2D eigenvalue weighted by molar-refractivity contribution is -0.118. The molecule has 1 aliphatic heterocycles. The van der Waals surface area contributed by atoms with Crippen LogP contribution >= 0.6 is 0 Å². The molecule has 0 fully saturated rings. The Hall–Kier alpha value is -2.29. The first kappa shape index (κ1) is 13.7. The molecule has 0 saturated heterocycles. The maximum atomic E-state index is 12.7. The number of amides is 1. The van der Waals surface area contributed by atoms with Crippen LogP contribution < -0.4 is 10.2 Å². The van der Waals surface area contributed by atoms with Gasteiger partial charge in [0.25, 0.3) is 0 Å². The van der Waals surface area contributed by atoms with Crippen LogP contribution in [0.4, 0.5) is 11.4 Å². The van der Waals surface area contributed by atoms with E-state index >= 15 is 0 Å². The fraction of sp³-hybridized carbons (Fsp3) is 0.278. The highest BCUT2D eigenvalue weighted by Gasteiger charge is 2.21. The highest BCUT2D eigenvalue weighted by Crippen LogP contribution is 2.28. The first-order valence-corrected chi connectivity index (χ1v) is 7.43. The lowest BCUT2D eigenvalue weighted by atomic mass is 10.0. The molecule has 2 aromatic rings. The Labute approximate surface area is 125 Å². The standard InChI is InChI=1S/C18H20N2O/c1-14-7-2-3-8-15(14)13-18(21)20-12-6-11-19-16-9-4-5-10-17(16)20/h2-5,7-10,19H,6,11-13H2,1H3. The van der Waals surface area contributed by atoms with Crippen LogP contribution in [0.25, 0.3) is 0 Å². The molecule has 0 bridgehead atoms. The van der Waals surface area contributed by atoms with Gasteiger partial charge in [-0.15, -0.1) is 0 Å². The summed E-state index contributed by atoms with van der Waals surface area (Å²) in [6, 6.07) is 16.1. The van der Waals surface area contributed by atoms with Gasteiger partial charge in [-0.1, -0.05) is 36.4 Å². The van der Waals surface area contributed by atoms with Crippen LogP contribution in [0.1, 0.15) is 17.5 Å². The van der Waals surface area contributed by atoms with Crippen molar-refractivity contribution in [1.29, 1.82) is 0 Å². The smallest absolute Gasteiger partial charge is 0.231 e. The number of fused-ring (bicyclic) bond motifs is 1. The minimum absolute atomic E-state index is 0.167. The van der Waals surface area contributed by atoms with Gasteiger partial charge >= 0.3 is 0 Å². The summed E-state index contributed by atoms with van der Waals surface area (Å²) in [6.07, 6.45) is 1.43. The molecule has 1 heterocycles. The van der Waals surface area contributed by atoms with Crippen LogP contribution in [0.2, 0.25) is 0 Å². The van der Waals surface area contributed by atoms with Crippen molar-refractivity contribution >= 4 is 17.3 Å². The Balaban J connectivity index is 1.86. The van der Waals surface area contributed by atoms with Crippen molar-refractivity contribution in [2.24, 2.45) is 0 Å². The third kappa shape index (κ3) is 2.92. The fourth-order valence-corrected chi connectivity index (χ4v) is 2.77. The number of nitrogens with one attached hydrogen (secondary N) is 1. The summed E-state index contributed by atoms with van der Waals surface area (Å²) in [5.41, 5.74) is 4.32. The van der Waals surface area contributed by atoms with Gasteiger partial charge < -0.3 is 10.2 Å². The number of carbonyl (C=O) groups is 1. The van der Waals surface area contributed by atoms with E-state index in [9.17, 15) is 4.79 Å². The van der Waals surface area contributed by atoms with Crippen molar-refractivity contribution in [2.75, 3.05) is 23.3 Å². The lowest BCUT2D eigenvalue weighted by Gasteiger charge is -2.22. The molecule has 0 saturated carbocycles. The average molecular weight is 280 g/mol. The van der Waals surface area contributed by atoms with Crippen LogP contribution in [0.3, 0.4) is 0 Å². The second-order valence-electron chi connectivity index (χ2n) is 5.45.